The molecule has 1 saturated heterocycles. The number of nitrogens with zero attached hydrogens (tertiary/aromatic N) is 2. The van der Waals surface area contributed by atoms with Crippen molar-refractivity contribution in [2.75, 3.05) is 31.5 Å². The first-order chi connectivity index (χ1) is 12.2. The van der Waals surface area contributed by atoms with Crippen LogP contribution in [0.25, 0.3) is 0 Å². The molecule has 1 saturated carbocycles. The third-order valence-corrected chi connectivity index (χ3v) is 5.09. The lowest BCUT2D eigenvalue weighted by atomic mass is 9.82. The summed E-state index contributed by atoms with van der Waals surface area (Å²) in [4.78, 5) is 18.9. The molecule has 0 spiro atoms. The largest absolute Gasteiger partial charge is 0.357 e. The molecule has 2 fully saturated rings. The number of halogens is 1. The number of rotatable bonds is 4. The molecule has 1 heterocycles. The molecular formula is C19H27FN4O. The first-order valence-corrected chi connectivity index (χ1v) is 9.24. The molecule has 1 aliphatic heterocycles. The quantitative estimate of drug-likeness (QED) is 0.651. The number of carbonyl (C=O) groups is 1. The molecule has 2 aliphatic rings. The van der Waals surface area contributed by atoms with Gasteiger partial charge in [-0.2, -0.15) is 0 Å². The molecule has 2 atom stereocenters. The first kappa shape index (κ1) is 17.7. The number of anilines is 1. The minimum Gasteiger partial charge on any atom is -0.357 e. The molecule has 0 aromatic heterocycles. The number of hydrogen-bond donors (Lipinski definition) is 2. The van der Waals surface area contributed by atoms with E-state index in [-0.39, 0.29) is 18.3 Å². The van der Waals surface area contributed by atoms with Gasteiger partial charge < -0.3 is 15.5 Å². The standard InChI is InChI=1S/C19H27FN4O/c1-2-21-19(24-12-14-6-3-4-7-15(14)13-24)22-11-18(25)23-17-9-5-8-16(20)10-17/h5,8-10,14-15H,2-4,6-7,11-13H2,1H3,(H,21,22)(H,23,25). The maximum absolute atomic E-state index is 13.2. The van der Waals surface area contributed by atoms with Crippen molar-refractivity contribution < 1.29 is 9.18 Å². The molecule has 1 aromatic rings. The Bertz CT molecular complexity index is 620. The highest BCUT2D eigenvalue weighted by molar-refractivity contribution is 5.94. The van der Waals surface area contributed by atoms with E-state index in [0.717, 1.165) is 37.4 Å². The van der Waals surface area contributed by atoms with Gasteiger partial charge in [0.05, 0.1) is 0 Å². The van der Waals surface area contributed by atoms with Crippen LogP contribution in [0.1, 0.15) is 32.6 Å². The Morgan fingerprint density at radius 3 is 2.64 bits per heavy atom. The number of amides is 1. The predicted octanol–water partition coefficient (Wildman–Crippen LogP) is 2.85. The number of likely N-dealkylation sites (tertiary alicyclic amines) is 1. The smallest absolute Gasteiger partial charge is 0.246 e. The second-order valence-electron chi connectivity index (χ2n) is 6.94. The Hall–Kier alpha value is -2.11. The zero-order valence-electron chi connectivity index (χ0n) is 14.8. The fourth-order valence-corrected chi connectivity index (χ4v) is 3.92. The summed E-state index contributed by atoms with van der Waals surface area (Å²) < 4.78 is 13.2. The molecule has 5 nitrogen and oxygen atoms in total. The Labute approximate surface area is 148 Å². The number of carbonyl (C=O) groups excluding carboxylic acids is 1. The van der Waals surface area contributed by atoms with E-state index in [9.17, 15) is 9.18 Å². The second kappa shape index (κ2) is 8.32. The maximum Gasteiger partial charge on any atom is 0.246 e. The molecule has 1 aromatic carbocycles. The van der Waals surface area contributed by atoms with Crippen LogP contribution in [0.5, 0.6) is 0 Å². The highest BCUT2D eigenvalue weighted by Gasteiger charge is 2.35. The molecule has 1 aliphatic carbocycles. The van der Waals surface area contributed by atoms with Crippen LogP contribution in [0, 0.1) is 17.7 Å². The van der Waals surface area contributed by atoms with E-state index in [1.807, 2.05) is 6.92 Å². The molecule has 6 heteroatoms. The Morgan fingerprint density at radius 1 is 1.28 bits per heavy atom. The average molecular weight is 346 g/mol. The molecule has 136 valence electrons. The minimum atomic E-state index is -0.366. The zero-order chi connectivity index (χ0) is 17.6. The maximum atomic E-state index is 13.2. The van der Waals surface area contributed by atoms with E-state index >= 15 is 0 Å². The number of fused-ring (bicyclic) bond motifs is 1. The lowest BCUT2D eigenvalue weighted by Crippen LogP contribution is -2.40. The first-order valence-electron chi connectivity index (χ1n) is 9.24. The monoisotopic (exact) mass is 346 g/mol. The summed E-state index contributed by atoms with van der Waals surface area (Å²) >= 11 is 0. The van der Waals surface area contributed by atoms with Crippen LogP contribution in [0.3, 0.4) is 0 Å². The highest BCUT2D eigenvalue weighted by atomic mass is 19.1. The molecule has 0 radical (unpaired) electrons. The van der Waals surface area contributed by atoms with E-state index in [2.05, 4.69) is 20.5 Å². The van der Waals surface area contributed by atoms with Crippen molar-refractivity contribution >= 4 is 17.6 Å². The summed E-state index contributed by atoms with van der Waals surface area (Å²) in [7, 11) is 0. The van der Waals surface area contributed by atoms with Crippen LogP contribution in [0.15, 0.2) is 29.3 Å². The van der Waals surface area contributed by atoms with Crippen molar-refractivity contribution in [1.29, 1.82) is 0 Å². The summed E-state index contributed by atoms with van der Waals surface area (Å²) in [5.41, 5.74) is 0.456. The normalized spacial score (nSPS) is 23.3. The highest BCUT2D eigenvalue weighted by Crippen LogP contribution is 2.35. The third-order valence-electron chi connectivity index (χ3n) is 5.09. The second-order valence-corrected chi connectivity index (χ2v) is 6.94. The van der Waals surface area contributed by atoms with Gasteiger partial charge in [-0.3, -0.25) is 4.79 Å². The summed E-state index contributed by atoms with van der Waals surface area (Å²) in [6.07, 6.45) is 5.28. The van der Waals surface area contributed by atoms with E-state index in [0.29, 0.717) is 5.69 Å². The van der Waals surface area contributed by atoms with E-state index in [1.54, 1.807) is 12.1 Å². The van der Waals surface area contributed by atoms with Gasteiger partial charge in [0.2, 0.25) is 5.91 Å². The zero-order valence-corrected chi connectivity index (χ0v) is 14.8. The summed E-state index contributed by atoms with van der Waals surface area (Å²) in [5.74, 6) is 1.73. The van der Waals surface area contributed by atoms with Crippen LogP contribution in [0.2, 0.25) is 0 Å². The van der Waals surface area contributed by atoms with Gasteiger partial charge in [0.15, 0.2) is 5.96 Å². The van der Waals surface area contributed by atoms with Crippen molar-refractivity contribution in [2.45, 2.75) is 32.6 Å². The molecule has 3 rings (SSSR count). The summed E-state index contributed by atoms with van der Waals surface area (Å²) in [6, 6.07) is 5.90. The Kier molecular flexibility index (Phi) is 5.89. The number of guanidine groups is 1. The SMILES string of the molecule is CCNC(=NCC(=O)Nc1cccc(F)c1)N1CC2CCCCC2C1. The fourth-order valence-electron chi connectivity index (χ4n) is 3.92. The van der Waals surface area contributed by atoms with E-state index < -0.39 is 0 Å². The number of benzene rings is 1. The average Bonchev–Trinajstić information content (AvgIpc) is 3.02. The van der Waals surface area contributed by atoms with Crippen molar-refractivity contribution in [3.05, 3.63) is 30.1 Å². The molecule has 25 heavy (non-hydrogen) atoms. The van der Waals surface area contributed by atoms with Gasteiger partial charge in [-0.1, -0.05) is 18.9 Å². The van der Waals surface area contributed by atoms with E-state index in [1.165, 1.54) is 37.8 Å². The van der Waals surface area contributed by atoms with Crippen LogP contribution in [-0.2, 0) is 4.79 Å². The molecule has 2 N–H and O–H groups in total. The number of nitrogens with one attached hydrogen (secondary N) is 2. The van der Waals surface area contributed by atoms with Crippen LogP contribution in [-0.4, -0.2) is 42.9 Å². The predicted molar refractivity (Wildman–Crippen MR) is 98.0 cm³/mol. The lowest BCUT2D eigenvalue weighted by molar-refractivity contribution is -0.114. The molecule has 2 unspecified atom stereocenters. The van der Waals surface area contributed by atoms with E-state index in [4.69, 9.17) is 0 Å². The van der Waals surface area contributed by atoms with Gasteiger partial charge >= 0.3 is 0 Å². The van der Waals surface area contributed by atoms with Gasteiger partial charge in [-0.05, 0) is 49.8 Å². The summed E-state index contributed by atoms with van der Waals surface area (Å²) in [6.45, 7) is 4.90. The van der Waals surface area contributed by atoms with Gasteiger partial charge in [0.25, 0.3) is 0 Å². The number of hydrogen-bond acceptors (Lipinski definition) is 2. The lowest BCUT2D eigenvalue weighted by Gasteiger charge is -2.22. The third kappa shape index (κ3) is 4.71. The fraction of sp³-hybridized carbons (Fsp3) is 0.579. The number of aliphatic imine (C=N–C) groups is 1. The van der Waals surface area contributed by atoms with Gasteiger partial charge in [-0.25, -0.2) is 9.38 Å². The van der Waals surface area contributed by atoms with Crippen molar-refractivity contribution in [3.63, 3.8) is 0 Å². The van der Waals surface area contributed by atoms with Gasteiger partial charge in [0, 0.05) is 25.3 Å². The van der Waals surface area contributed by atoms with Gasteiger partial charge in [-0.15, -0.1) is 0 Å². The molecule has 0 bridgehead atoms. The molecular weight excluding hydrogens is 319 g/mol. The topological polar surface area (TPSA) is 56.7 Å². The van der Waals surface area contributed by atoms with Crippen LogP contribution in [0.4, 0.5) is 10.1 Å². The van der Waals surface area contributed by atoms with Crippen LogP contribution < -0.4 is 10.6 Å². The van der Waals surface area contributed by atoms with Crippen molar-refractivity contribution in [1.82, 2.24) is 10.2 Å². The Balaban J connectivity index is 1.59. The van der Waals surface area contributed by atoms with Crippen molar-refractivity contribution in [2.24, 2.45) is 16.8 Å². The minimum absolute atomic E-state index is 0.0324. The Morgan fingerprint density at radius 2 is 2.00 bits per heavy atom. The molecule has 1 amide bonds. The van der Waals surface area contributed by atoms with Crippen LogP contribution >= 0.6 is 0 Å². The van der Waals surface area contributed by atoms with Crippen molar-refractivity contribution in [3.8, 4) is 0 Å². The van der Waals surface area contributed by atoms with Gasteiger partial charge in [0.1, 0.15) is 12.4 Å². The summed E-state index contributed by atoms with van der Waals surface area (Å²) in [5, 5.41) is 5.99.